The third-order valence-electron chi connectivity index (χ3n) is 5.47. The minimum Gasteiger partial charge on any atom is -0.462 e. The molecule has 32 heavy (non-hydrogen) atoms. The van der Waals surface area contributed by atoms with Gasteiger partial charge in [-0.25, -0.2) is 9.78 Å². The van der Waals surface area contributed by atoms with Crippen molar-refractivity contribution in [2.75, 3.05) is 11.9 Å². The molecule has 2 heterocycles. The van der Waals surface area contributed by atoms with Gasteiger partial charge in [-0.1, -0.05) is 42.5 Å². The Morgan fingerprint density at radius 1 is 1.03 bits per heavy atom. The van der Waals surface area contributed by atoms with Crippen LogP contribution in [-0.2, 0) is 4.74 Å². The van der Waals surface area contributed by atoms with Gasteiger partial charge in [-0.2, -0.15) is 0 Å². The molecule has 4 aromatic rings. The Kier molecular flexibility index (Phi) is 6.06. The number of aryl methyl sites for hydroxylation is 2. The molecule has 0 atom stereocenters. The number of fused-ring (bicyclic) bond motifs is 1. The van der Waals surface area contributed by atoms with Crippen LogP contribution in [0.4, 0.5) is 5.00 Å². The van der Waals surface area contributed by atoms with Gasteiger partial charge in [-0.15, -0.1) is 11.3 Å². The topological polar surface area (TPSA) is 68.3 Å². The Hall–Kier alpha value is -3.51. The number of hydrogen-bond donors (Lipinski definition) is 1. The summed E-state index contributed by atoms with van der Waals surface area (Å²) < 4.78 is 5.22. The van der Waals surface area contributed by atoms with Crippen LogP contribution in [-0.4, -0.2) is 23.5 Å². The Bertz CT molecular complexity index is 1340. The summed E-state index contributed by atoms with van der Waals surface area (Å²) in [7, 11) is 0. The number of para-hydroxylation sites is 1. The van der Waals surface area contributed by atoms with E-state index in [1.165, 1.54) is 11.3 Å². The molecule has 0 bridgehead atoms. The lowest BCUT2D eigenvalue weighted by Gasteiger charge is -2.12. The molecular formula is C26H24N2O3S. The number of nitrogens with zero attached hydrogens (tertiary/aromatic N) is 1. The Labute approximate surface area is 191 Å². The minimum atomic E-state index is -0.426. The summed E-state index contributed by atoms with van der Waals surface area (Å²) in [6.45, 7) is 7.85. The highest BCUT2D eigenvalue weighted by Gasteiger charge is 2.23. The van der Waals surface area contributed by atoms with Crippen molar-refractivity contribution in [1.82, 2.24) is 4.98 Å². The summed E-state index contributed by atoms with van der Waals surface area (Å²) in [5, 5.41) is 4.22. The van der Waals surface area contributed by atoms with E-state index < -0.39 is 5.97 Å². The molecule has 0 saturated carbocycles. The van der Waals surface area contributed by atoms with E-state index in [4.69, 9.17) is 9.72 Å². The maximum absolute atomic E-state index is 13.5. The summed E-state index contributed by atoms with van der Waals surface area (Å²) in [4.78, 5) is 31.8. The standard InChI is InChI=1S/C26H24N2O3S/c1-5-31-26(30)23-16(3)17(4)32-25(23)28-24(29)20-14-22(18-11-7-6-10-15(18)2)27-21-13-9-8-12-19(20)21/h6-14H,5H2,1-4H3,(H,28,29). The van der Waals surface area contributed by atoms with Crippen molar-refractivity contribution in [3.05, 3.63) is 81.7 Å². The first-order valence-electron chi connectivity index (χ1n) is 10.4. The van der Waals surface area contributed by atoms with E-state index in [0.717, 1.165) is 38.2 Å². The number of amides is 1. The number of esters is 1. The largest absolute Gasteiger partial charge is 0.462 e. The average molecular weight is 445 g/mol. The van der Waals surface area contributed by atoms with Crippen LogP contribution in [0.2, 0.25) is 0 Å². The molecule has 1 amide bonds. The number of carbonyl (C=O) groups is 2. The maximum Gasteiger partial charge on any atom is 0.341 e. The van der Waals surface area contributed by atoms with Crippen LogP contribution < -0.4 is 5.32 Å². The third-order valence-corrected chi connectivity index (χ3v) is 6.60. The van der Waals surface area contributed by atoms with Crippen molar-refractivity contribution < 1.29 is 14.3 Å². The Balaban J connectivity index is 1.81. The lowest BCUT2D eigenvalue weighted by molar-refractivity contribution is 0.0527. The van der Waals surface area contributed by atoms with Gasteiger partial charge in [0, 0.05) is 15.8 Å². The number of anilines is 1. The van der Waals surface area contributed by atoms with E-state index >= 15 is 0 Å². The number of benzene rings is 2. The number of aromatic nitrogens is 1. The molecule has 5 nitrogen and oxygen atoms in total. The molecule has 0 radical (unpaired) electrons. The molecule has 0 aliphatic rings. The molecule has 1 N–H and O–H groups in total. The fourth-order valence-electron chi connectivity index (χ4n) is 3.70. The number of thiophene rings is 1. The molecule has 0 spiro atoms. The summed E-state index contributed by atoms with van der Waals surface area (Å²) in [5.41, 5.74) is 5.27. The smallest absolute Gasteiger partial charge is 0.341 e. The van der Waals surface area contributed by atoms with Crippen molar-refractivity contribution in [1.29, 1.82) is 0 Å². The molecule has 0 aliphatic heterocycles. The van der Waals surface area contributed by atoms with Gasteiger partial charge < -0.3 is 10.1 Å². The van der Waals surface area contributed by atoms with Gasteiger partial charge in [0.15, 0.2) is 0 Å². The first-order chi connectivity index (χ1) is 15.4. The molecule has 0 fully saturated rings. The normalized spacial score (nSPS) is 10.9. The van der Waals surface area contributed by atoms with E-state index in [1.54, 1.807) is 6.92 Å². The summed E-state index contributed by atoms with van der Waals surface area (Å²) in [6, 6.07) is 17.4. The number of ether oxygens (including phenoxy) is 1. The van der Waals surface area contributed by atoms with Gasteiger partial charge in [-0.3, -0.25) is 4.79 Å². The average Bonchev–Trinajstić information content (AvgIpc) is 3.06. The number of hydrogen-bond acceptors (Lipinski definition) is 5. The van der Waals surface area contributed by atoms with Crippen LogP contribution in [0.5, 0.6) is 0 Å². The van der Waals surface area contributed by atoms with Crippen molar-refractivity contribution in [2.24, 2.45) is 0 Å². The lowest BCUT2D eigenvalue weighted by atomic mass is 10.0. The van der Waals surface area contributed by atoms with Crippen molar-refractivity contribution in [3.63, 3.8) is 0 Å². The second kappa shape index (κ2) is 8.93. The van der Waals surface area contributed by atoms with Crippen LogP contribution in [0.25, 0.3) is 22.2 Å². The molecule has 0 saturated heterocycles. The number of rotatable bonds is 5. The van der Waals surface area contributed by atoms with E-state index in [-0.39, 0.29) is 12.5 Å². The van der Waals surface area contributed by atoms with Crippen molar-refractivity contribution in [2.45, 2.75) is 27.7 Å². The van der Waals surface area contributed by atoms with Crippen LogP contribution >= 0.6 is 11.3 Å². The Morgan fingerprint density at radius 3 is 2.50 bits per heavy atom. The fraction of sp³-hybridized carbons (Fsp3) is 0.192. The molecule has 2 aromatic carbocycles. The minimum absolute atomic E-state index is 0.273. The predicted octanol–water partition coefficient (Wildman–Crippen LogP) is 6.32. The van der Waals surface area contributed by atoms with Crippen molar-refractivity contribution in [3.8, 4) is 11.3 Å². The van der Waals surface area contributed by atoms with Gasteiger partial charge in [0.1, 0.15) is 5.00 Å². The zero-order valence-electron chi connectivity index (χ0n) is 18.5. The van der Waals surface area contributed by atoms with Crippen molar-refractivity contribution >= 4 is 39.1 Å². The fourth-order valence-corrected chi connectivity index (χ4v) is 4.74. The van der Waals surface area contributed by atoms with Gasteiger partial charge in [0.25, 0.3) is 5.91 Å². The molecular weight excluding hydrogens is 420 g/mol. The van der Waals surface area contributed by atoms with Gasteiger partial charge in [-0.05, 0) is 51.0 Å². The quantitative estimate of drug-likeness (QED) is 0.366. The van der Waals surface area contributed by atoms with Crippen LogP contribution in [0.1, 0.15) is 43.6 Å². The second-order valence-electron chi connectivity index (χ2n) is 7.55. The van der Waals surface area contributed by atoms with E-state index in [2.05, 4.69) is 5.32 Å². The highest BCUT2D eigenvalue weighted by molar-refractivity contribution is 7.16. The number of pyridine rings is 1. The van der Waals surface area contributed by atoms with Gasteiger partial charge in [0.05, 0.1) is 28.9 Å². The monoisotopic (exact) mass is 444 g/mol. The third kappa shape index (κ3) is 4.01. The highest BCUT2D eigenvalue weighted by Crippen LogP contribution is 2.34. The lowest BCUT2D eigenvalue weighted by Crippen LogP contribution is -2.15. The number of nitrogens with one attached hydrogen (secondary N) is 1. The molecule has 2 aromatic heterocycles. The molecule has 0 unspecified atom stereocenters. The first-order valence-corrected chi connectivity index (χ1v) is 11.3. The second-order valence-corrected chi connectivity index (χ2v) is 8.77. The number of carbonyl (C=O) groups excluding carboxylic acids is 2. The molecule has 4 rings (SSSR count). The van der Waals surface area contributed by atoms with E-state index in [1.807, 2.05) is 75.4 Å². The van der Waals surface area contributed by atoms with Gasteiger partial charge in [0.2, 0.25) is 0 Å². The summed E-state index contributed by atoms with van der Waals surface area (Å²) in [5.74, 6) is -0.713. The summed E-state index contributed by atoms with van der Waals surface area (Å²) in [6.07, 6.45) is 0. The Morgan fingerprint density at radius 2 is 1.75 bits per heavy atom. The van der Waals surface area contributed by atoms with E-state index in [0.29, 0.717) is 16.1 Å². The van der Waals surface area contributed by atoms with Crippen LogP contribution in [0, 0.1) is 20.8 Å². The zero-order chi connectivity index (χ0) is 22.8. The van der Waals surface area contributed by atoms with E-state index in [9.17, 15) is 9.59 Å². The predicted molar refractivity (Wildman–Crippen MR) is 130 cm³/mol. The van der Waals surface area contributed by atoms with Crippen LogP contribution in [0.3, 0.4) is 0 Å². The van der Waals surface area contributed by atoms with Crippen LogP contribution in [0.15, 0.2) is 54.6 Å². The highest BCUT2D eigenvalue weighted by atomic mass is 32.1. The SMILES string of the molecule is CCOC(=O)c1c(NC(=O)c2cc(-c3ccccc3C)nc3ccccc23)sc(C)c1C. The van der Waals surface area contributed by atoms with Gasteiger partial charge >= 0.3 is 5.97 Å². The summed E-state index contributed by atoms with van der Waals surface area (Å²) >= 11 is 1.38. The molecule has 162 valence electrons. The molecule has 6 heteroatoms. The zero-order valence-corrected chi connectivity index (χ0v) is 19.3. The maximum atomic E-state index is 13.5. The molecule has 0 aliphatic carbocycles. The first kappa shape index (κ1) is 21.7.